The Morgan fingerprint density at radius 3 is 2.95 bits per heavy atom. The van der Waals surface area contributed by atoms with Crippen molar-refractivity contribution in [1.82, 2.24) is 0 Å². The van der Waals surface area contributed by atoms with Crippen LogP contribution < -0.4 is 4.74 Å². The molecule has 1 heterocycles. The summed E-state index contributed by atoms with van der Waals surface area (Å²) in [6.07, 6.45) is 3.90. The fourth-order valence-corrected chi connectivity index (χ4v) is 5.20. The number of rotatable bonds is 0. The summed E-state index contributed by atoms with van der Waals surface area (Å²) in [5.41, 5.74) is 1.09. The van der Waals surface area contributed by atoms with Crippen LogP contribution in [0.15, 0.2) is 18.2 Å². The Labute approximate surface area is 125 Å². The molecule has 0 spiro atoms. The first-order chi connectivity index (χ1) is 10.0. The van der Waals surface area contributed by atoms with Crippen molar-refractivity contribution in [1.29, 1.82) is 0 Å². The van der Waals surface area contributed by atoms with E-state index in [2.05, 4.69) is 13.8 Å². The van der Waals surface area contributed by atoms with Gasteiger partial charge in [0.05, 0.1) is 6.10 Å². The Hall–Kier alpha value is -1.51. The Morgan fingerprint density at radius 1 is 1.33 bits per heavy atom. The molecule has 1 aliphatic heterocycles. The standard InChI is InChI=1S/C18H22O3/c1-10-17-13(12-4-3-11(19)9-15(12)21-10)7-8-18(2)14(17)5-6-16(18)20/h3-4,9-10,13-14,17,19H,5-8H2,1-2H3/t10-,13-,14+,17+,18-/m0/s1. The van der Waals surface area contributed by atoms with Crippen molar-refractivity contribution in [3.05, 3.63) is 23.8 Å². The van der Waals surface area contributed by atoms with Crippen molar-refractivity contribution in [2.45, 2.75) is 51.6 Å². The van der Waals surface area contributed by atoms with Gasteiger partial charge in [0.15, 0.2) is 0 Å². The molecule has 3 heteroatoms. The zero-order valence-corrected chi connectivity index (χ0v) is 12.6. The molecule has 4 rings (SSSR count). The third-order valence-electron chi connectivity index (χ3n) is 6.29. The lowest BCUT2D eigenvalue weighted by Crippen LogP contribution is -2.48. The van der Waals surface area contributed by atoms with Crippen molar-refractivity contribution in [3.63, 3.8) is 0 Å². The number of carbonyl (C=O) groups is 1. The minimum absolute atomic E-state index is 0.111. The van der Waals surface area contributed by atoms with Crippen LogP contribution in [0, 0.1) is 17.3 Å². The quantitative estimate of drug-likeness (QED) is 0.792. The van der Waals surface area contributed by atoms with E-state index in [1.165, 1.54) is 5.56 Å². The van der Waals surface area contributed by atoms with Crippen molar-refractivity contribution in [3.8, 4) is 11.5 Å². The second-order valence-electron chi connectivity index (χ2n) is 7.25. The van der Waals surface area contributed by atoms with E-state index in [9.17, 15) is 9.90 Å². The van der Waals surface area contributed by atoms with Gasteiger partial charge in [0.1, 0.15) is 17.3 Å². The van der Waals surface area contributed by atoms with Crippen LogP contribution in [-0.2, 0) is 4.79 Å². The molecule has 3 aliphatic rings. The summed E-state index contributed by atoms with van der Waals surface area (Å²) in [5, 5.41) is 9.67. The van der Waals surface area contributed by atoms with Crippen LogP contribution in [0.25, 0.3) is 0 Å². The lowest BCUT2D eigenvalue weighted by molar-refractivity contribution is -0.130. The Bertz CT molecular complexity index is 608. The minimum Gasteiger partial charge on any atom is -0.508 e. The summed E-state index contributed by atoms with van der Waals surface area (Å²) < 4.78 is 6.10. The second-order valence-corrected chi connectivity index (χ2v) is 7.25. The average Bonchev–Trinajstić information content (AvgIpc) is 2.74. The van der Waals surface area contributed by atoms with Gasteiger partial charge in [0.2, 0.25) is 0 Å². The SMILES string of the molecule is C[C@@H]1Oc2cc(O)ccc2[C@@H]2CC[C@]3(C)C(=O)CC[C@@H]3[C@H]12. The number of fused-ring (bicyclic) bond motifs is 5. The molecule has 0 unspecified atom stereocenters. The van der Waals surface area contributed by atoms with Crippen molar-refractivity contribution in [2.75, 3.05) is 0 Å². The highest BCUT2D eigenvalue weighted by molar-refractivity contribution is 5.87. The summed E-state index contributed by atoms with van der Waals surface area (Å²) >= 11 is 0. The number of carbonyl (C=O) groups excluding carboxylic acids is 1. The first kappa shape index (κ1) is 13.2. The first-order valence-corrected chi connectivity index (χ1v) is 8.03. The fraction of sp³-hybridized carbons (Fsp3) is 0.611. The maximum absolute atomic E-state index is 12.3. The van der Waals surface area contributed by atoms with Crippen LogP contribution in [0.2, 0.25) is 0 Å². The number of benzene rings is 1. The molecule has 21 heavy (non-hydrogen) atoms. The van der Waals surface area contributed by atoms with Gasteiger partial charge in [-0.05, 0) is 49.7 Å². The summed E-state index contributed by atoms with van der Waals surface area (Å²) in [5.74, 6) is 2.88. The molecule has 3 nitrogen and oxygen atoms in total. The van der Waals surface area contributed by atoms with E-state index < -0.39 is 0 Å². The highest BCUT2D eigenvalue weighted by Crippen LogP contribution is 2.60. The number of phenolic OH excluding ortho intramolecular Hbond substituents is 1. The number of aromatic hydroxyl groups is 1. The van der Waals surface area contributed by atoms with Crippen LogP contribution in [0.3, 0.4) is 0 Å². The molecule has 0 saturated heterocycles. The number of ether oxygens (including phenoxy) is 1. The van der Waals surface area contributed by atoms with Crippen molar-refractivity contribution < 1.29 is 14.6 Å². The normalized spacial score (nSPS) is 41.0. The number of ketones is 1. The molecule has 0 radical (unpaired) electrons. The molecule has 0 aromatic heterocycles. The van der Waals surface area contributed by atoms with E-state index in [0.717, 1.165) is 31.4 Å². The van der Waals surface area contributed by atoms with Gasteiger partial charge in [0, 0.05) is 23.8 Å². The predicted octanol–water partition coefficient (Wildman–Crippen LogP) is 3.65. The van der Waals surface area contributed by atoms with Crippen LogP contribution in [-0.4, -0.2) is 17.0 Å². The van der Waals surface area contributed by atoms with Gasteiger partial charge in [-0.15, -0.1) is 0 Å². The van der Waals surface area contributed by atoms with Gasteiger partial charge in [-0.3, -0.25) is 4.79 Å². The van der Waals surface area contributed by atoms with Crippen LogP contribution in [0.1, 0.15) is 51.0 Å². The van der Waals surface area contributed by atoms with Crippen LogP contribution >= 0.6 is 0 Å². The highest BCUT2D eigenvalue weighted by atomic mass is 16.5. The van der Waals surface area contributed by atoms with E-state index in [1.807, 2.05) is 6.07 Å². The molecule has 0 amide bonds. The van der Waals surface area contributed by atoms with E-state index >= 15 is 0 Å². The van der Waals surface area contributed by atoms with E-state index in [1.54, 1.807) is 12.1 Å². The average molecular weight is 286 g/mol. The largest absolute Gasteiger partial charge is 0.508 e. The highest BCUT2D eigenvalue weighted by Gasteiger charge is 2.56. The summed E-state index contributed by atoms with van der Waals surface area (Å²) in [6.45, 7) is 4.29. The van der Waals surface area contributed by atoms with Gasteiger partial charge in [0.25, 0.3) is 0 Å². The fourth-order valence-electron chi connectivity index (χ4n) is 5.20. The zero-order chi connectivity index (χ0) is 14.8. The second kappa shape index (κ2) is 4.25. The number of hydrogen-bond acceptors (Lipinski definition) is 3. The summed E-state index contributed by atoms with van der Waals surface area (Å²) in [6, 6.07) is 5.49. The monoisotopic (exact) mass is 286 g/mol. The van der Waals surface area contributed by atoms with E-state index in [4.69, 9.17) is 4.74 Å². The van der Waals surface area contributed by atoms with Gasteiger partial charge in [-0.25, -0.2) is 0 Å². The number of Topliss-reactive ketones (excluding diaryl/α,β-unsaturated/α-hetero) is 1. The Balaban J connectivity index is 1.77. The molecule has 2 fully saturated rings. The Kier molecular flexibility index (Phi) is 2.66. The van der Waals surface area contributed by atoms with Gasteiger partial charge in [-0.1, -0.05) is 13.0 Å². The maximum atomic E-state index is 12.3. The van der Waals surface area contributed by atoms with Gasteiger partial charge >= 0.3 is 0 Å². The summed E-state index contributed by atoms with van der Waals surface area (Å²) in [7, 11) is 0. The number of phenols is 1. The van der Waals surface area contributed by atoms with E-state index in [-0.39, 0.29) is 17.3 Å². The van der Waals surface area contributed by atoms with Gasteiger partial charge in [-0.2, -0.15) is 0 Å². The number of hydrogen-bond donors (Lipinski definition) is 1. The van der Waals surface area contributed by atoms with E-state index in [0.29, 0.717) is 23.5 Å². The third-order valence-corrected chi connectivity index (χ3v) is 6.29. The van der Waals surface area contributed by atoms with Crippen LogP contribution in [0.5, 0.6) is 11.5 Å². The third kappa shape index (κ3) is 1.69. The molecule has 5 atom stereocenters. The first-order valence-electron chi connectivity index (χ1n) is 8.03. The summed E-state index contributed by atoms with van der Waals surface area (Å²) in [4.78, 5) is 12.3. The molecule has 2 saturated carbocycles. The molecular formula is C18H22O3. The van der Waals surface area contributed by atoms with Crippen LogP contribution in [0.4, 0.5) is 0 Å². The molecule has 1 aromatic rings. The van der Waals surface area contributed by atoms with Gasteiger partial charge < -0.3 is 9.84 Å². The lowest BCUT2D eigenvalue weighted by Gasteiger charge is -2.50. The van der Waals surface area contributed by atoms with Crippen molar-refractivity contribution in [2.24, 2.45) is 17.3 Å². The molecule has 112 valence electrons. The maximum Gasteiger partial charge on any atom is 0.139 e. The molecular weight excluding hydrogens is 264 g/mol. The zero-order valence-electron chi connectivity index (χ0n) is 12.6. The molecule has 2 aliphatic carbocycles. The molecule has 1 N–H and O–H groups in total. The topological polar surface area (TPSA) is 46.5 Å². The minimum atomic E-state index is -0.132. The smallest absolute Gasteiger partial charge is 0.139 e. The van der Waals surface area contributed by atoms with Crippen molar-refractivity contribution >= 4 is 5.78 Å². The Morgan fingerprint density at radius 2 is 2.14 bits per heavy atom. The lowest BCUT2D eigenvalue weighted by atomic mass is 9.57. The molecule has 1 aromatic carbocycles. The molecule has 0 bridgehead atoms. The predicted molar refractivity (Wildman–Crippen MR) is 79.5 cm³/mol.